The lowest BCUT2D eigenvalue weighted by molar-refractivity contribution is 0.299. The van der Waals surface area contributed by atoms with Gasteiger partial charge in [0, 0.05) is 21.1 Å². The van der Waals surface area contributed by atoms with Crippen LogP contribution >= 0.6 is 31.9 Å². The highest BCUT2D eigenvalue weighted by atomic mass is 79.9. The van der Waals surface area contributed by atoms with Gasteiger partial charge in [0.05, 0.1) is 0 Å². The van der Waals surface area contributed by atoms with E-state index in [0.29, 0.717) is 5.56 Å². The second-order valence-electron chi connectivity index (χ2n) is 4.56. The first-order chi connectivity index (χ1) is 10.1. The Labute approximate surface area is 141 Å². The van der Waals surface area contributed by atoms with Crippen LogP contribution in [0.25, 0.3) is 0 Å². The van der Waals surface area contributed by atoms with Crippen LogP contribution in [0, 0.1) is 5.82 Å². The Morgan fingerprint density at radius 3 is 2.67 bits per heavy atom. The Morgan fingerprint density at radius 2 is 1.90 bits per heavy atom. The van der Waals surface area contributed by atoms with Crippen LogP contribution in [0.2, 0.25) is 0 Å². The molecule has 0 bridgehead atoms. The number of ether oxygens (including phenoxy) is 1. The summed E-state index contributed by atoms with van der Waals surface area (Å²) in [5, 5.41) is 3.27. The molecule has 1 N–H and O–H groups in total. The molecule has 0 saturated carbocycles. The van der Waals surface area contributed by atoms with Crippen molar-refractivity contribution >= 4 is 31.9 Å². The molecule has 0 atom stereocenters. The Kier molecular flexibility index (Phi) is 6.21. The second kappa shape index (κ2) is 7.92. The van der Waals surface area contributed by atoms with E-state index >= 15 is 0 Å². The first-order valence-corrected chi connectivity index (χ1v) is 8.24. The summed E-state index contributed by atoms with van der Waals surface area (Å²) in [6.45, 7) is 3.93. The summed E-state index contributed by atoms with van der Waals surface area (Å²) in [4.78, 5) is 0. The predicted molar refractivity (Wildman–Crippen MR) is 90.0 cm³/mol. The van der Waals surface area contributed by atoms with Crippen molar-refractivity contribution < 1.29 is 9.13 Å². The van der Waals surface area contributed by atoms with Crippen LogP contribution in [0.1, 0.15) is 18.1 Å². The van der Waals surface area contributed by atoms with Crippen LogP contribution in [-0.2, 0) is 13.2 Å². The monoisotopic (exact) mass is 415 g/mol. The maximum atomic E-state index is 13.7. The highest BCUT2D eigenvalue weighted by molar-refractivity contribution is 9.10. The minimum absolute atomic E-state index is 0.202. The average Bonchev–Trinajstić information content (AvgIpc) is 2.48. The standard InChI is InChI=1S/C16H16Br2FNO/c1-2-20-9-11-8-14(4-5-15(11)18)21-10-12-7-13(17)3-6-16(12)19/h3-8,20H,2,9-10H2,1H3. The van der Waals surface area contributed by atoms with Crippen molar-refractivity contribution in [1.82, 2.24) is 5.32 Å². The van der Waals surface area contributed by atoms with Crippen molar-refractivity contribution in [1.29, 1.82) is 0 Å². The molecule has 2 aromatic rings. The molecule has 0 fully saturated rings. The van der Waals surface area contributed by atoms with E-state index < -0.39 is 0 Å². The fourth-order valence-corrected chi connectivity index (χ4v) is 2.65. The predicted octanol–water partition coefficient (Wildman–Crippen LogP) is 5.04. The normalized spacial score (nSPS) is 10.7. The lowest BCUT2D eigenvalue weighted by Crippen LogP contribution is -2.12. The van der Waals surface area contributed by atoms with Crippen molar-refractivity contribution in [3.8, 4) is 5.75 Å². The SMILES string of the molecule is CCNCc1cc(OCc2cc(Br)ccc2F)ccc1Br. The highest BCUT2D eigenvalue weighted by Gasteiger charge is 2.06. The molecule has 0 spiro atoms. The van der Waals surface area contributed by atoms with Gasteiger partial charge in [0.15, 0.2) is 0 Å². The topological polar surface area (TPSA) is 21.3 Å². The molecule has 0 radical (unpaired) electrons. The minimum Gasteiger partial charge on any atom is -0.489 e. The minimum atomic E-state index is -0.261. The van der Waals surface area contributed by atoms with Gasteiger partial charge < -0.3 is 10.1 Å². The van der Waals surface area contributed by atoms with Gasteiger partial charge in [0.2, 0.25) is 0 Å². The highest BCUT2D eigenvalue weighted by Crippen LogP contribution is 2.24. The number of hydrogen-bond donors (Lipinski definition) is 1. The van der Waals surface area contributed by atoms with Crippen LogP contribution in [0.15, 0.2) is 45.3 Å². The molecule has 2 nitrogen and oxygen atoms in total. The van der Waals surface area contributed by atoms with Crippen molar-refractivity contribution in [2.75, 3.05) is 6.54 Å². The molecule has 0 aromatic heterocycles. The smallest absolute Gasteiger partial charge is 0.129 e. The number of benzene rings is 2. The molecule has 0 aliphatic carbocycles. The Hall–Kier alpha value is -0.910. The summed E-state index contributed by atoms with van der Waals surface area (Å²) < 4.78 is 21.2. The fourth-order valence-electron chi connectivity index (χ4n) is 1.85. The number of rotatable bonds is 6. The first-order valence-electron chi connectivity index (χ1n) is 6.66. The second-order valence-corrected chi connectivity index (χ2v) is 6.33. The van der Waals surface area contributed by atoms with Crippen molar-refractivity contribution in [2.24, 2.45) is 0 Å². The van der Waals surface area contributed by atoms with Crippen LogP contribution < -0.4 is 10.1 Å². The van der Waals surface area contributed by atoms with Gasteiger partial charge in [-0.3, -0.25) is 0 Å². The van der Waals surface area contributed by atoms with E-state index in [0.717, 1.165) is 33.3 Å². The zero-order valence-electron chi connectivity index (χ0n) is 11.6. The molecule has 0 aliphatic heterocycles. The maximum Gasteiger partial charge on any atom is 0.129 e. The van der Waals surface area contributed by atoms with Crippen molar-refractivity contribution in [3.05, 3.63) is 62.3 Å². The maximum absolute atomic E-state index is 13.7. The van der Waals surface area contributed by atoms with Crippen LogP contribution in [-0.4, -0.2) is 6.54 Å². The van der Waals surface area contributed by atoms with E-state index in [4.69, 9.17) is 4.74 Å². The van der Waals surface area contributed by atoms with E-state index in [1.54, 1.807) is 12.1 Å². The third-order valence-corrected chi connectivity index (χ3v) is 4.25. The lowest BCUT2D eigenvalue weighted by Gasteiger charge is -2.11. The van der Waals surface area contributed by atoms with Crippen LogP contribution in [0.4, 0.5) is 4.39 Å². The zero-order valence-corrected chi connectivity index (χ0v) is 14.8. The molecular weight excluding hydrogens is 401 g/mol. The molecule has 0 aliphatic rings. The van der Waals surface area contributed by atoms with E-state index in [-0.39, 0.29) is 12.4 Å². The van der Waals surface area contributed by atoms with Gasteiger partial charge >= 0.3 is 0 Å². The van der Waals surface area contributed by atoms with Crippen molar-refractivity contribution in [3.63, 3.8) is 0 Å². The lowest BCUT2D eigenvalue weighted by atomic mass is 10.2. The van der Waals surface area contributed by atoms with Gasteiger partial charge in [-0.2, -0.15) is 0 Å². The third-order valence-electron chi connectivity index (χ3n) is 2.98. The Morgan fingerprint density at radius 1 is 1.10 bits per heavy atom. The summed E-state index contributed by atoms with van der Waals surface area (Å²) in [6, 6.07) is 10.6. The average molecular weight is 417 g/mol. The molecule has 2 rings (SSSR count). The summed E-state index contributed by atoms with van der Waals surface area (Å²) in [5.74, 6) is 0.466. The molecule has 21 heavy (non-hydrogen) atoms. The summed E-state index contributed by atoms with van der Waals surface area (Å²) in [6.07, 6.45) is 0. The molecule has 0 saturated heterocycles. The number of nitrogens with one attached hydrogen (secondary N) is 1. The van der Waals surface area contributed by atoms with Gasteiger partial charge in [-0.25, -0.2) is 4.39 Å². The quantitative estimate of drug-likeness (QED) is 0.712. The largest absolute Gasteiger partial charge is 0.489 e. The van der Waals surface area contributed by atoms with Crippen molar-refractivity contribution in [2.45, 2.75) is 20.1 Å². The fraction of sp³-hybridized carbons (Fsp3) is 0.250. The van der Waals surface area contributed by atoms with Crippen LogP contribution in [0.3, 0.4) is 0 Å². The Bertz CT molecular complexity index is 619. The van der Waals surface area contributed by atoms with Gasteiger partial charge in [-0.05, 0) is 48.5 Å². The van der Waals surface area contributed by atoms with E-state index in [9.17, 15) is 4.39 Å². The van der Waals surface area contributed by atoms with Crippen LogP contribution in [0.5, 0.6) is 5.75 Å². The zero-order chi connectivity index (χ0) is 15.2. The number of hydrogen-bond acceptors (Lipinski definition) is 2. The van der Waals surface area contributed by atoms with Gasteiger partial charge in [0.1, 0.15) is 18.2 Å². The van der Waals surface area contributed by atoms with E-state index in [1.165, 1.54) is 6.07 Å². The molecule has 5 heteroatoms. The van der Waals surface area contributed by atoms with Gasteiger partial charge in [-0.1, -0.05) is 38.8 Å². The molecule has 0 heterocycles. The third kappa shape index (κ3) is 4.80. The molecule has 0 amide bonds. The molecule has 2 aromatic carbocycles. The first kappa shape index (κ1) is 16.5. The van der Waals surface area contributed by atoms with E-state index in [1.807, 2.05) is 18.2 Å². The summed E-state index contributed by atoms with van der Waals surface area (Å²) in [7, 11) is 0. The molecule has 112 valence electrons. The molecule has 0 unspecified atom stereocenters. The summed E-state index contributed by atoms with van der Waals surface area (Å²) >= 11 is 6.85. The Balaban J connectivity index is 2.07. The van der Waals surface area contributed by atoms with Gasteiger partial charge in [-0.15, -0.1) is 0 Å². The van der Waals surface area contributed by atoms with Gasteiger partial charge in [0.25, 0.3) is 0 Å². The van der Waals surface area contributed by atoms with E-state index in [2.05, 4.69) is 44.1 Å². The summed E-state index contributed by atoms with van der Waals surface area (Å²) in [5.41, 5.74) is 1.64. The molecular formula is C16H16Br2FNO. The number of halogens is 3.